The molecule has 7 nitrogen and oxygen atoms in total. The van der Waals surface area contributed by atoms with E-state index < -0.39 is 4.92 Å². The number of hydrogen-bond donors (Lipinski definition) is 0. The summed E-state index contributed by atoms with van der Waals surface area (Å²) in [6, 6.07) is 14.7. The predicted molar refractivity (Wildman–Crippen MR) is 104 cm³/mol. The van der Waals surface area contributed by atoms with Crippen LogP contribution < -0.4 is 4.74 Å². The van der Waals surface area contributed by atoms with Crippen LogP contribution in [0.25, 0.3) is 0 Å². The highest BCUT2D eigenvalue weighted by Gasteiger charge is 2.15. The van der Waals surface area contributed by atoms with Crippen LogP contribution in [0.1, 0.15) is 23.9 Å². The van der Waals surface area contributed by atoms with Crippen molar-refractivity contribution in [1.82, 2.24) is 14.8 Å². The molecule has 0 amide bonds. The maximum absolute atomic E-state index is 11.0. The zero-order valence-corrected chi connectivity index (χ0v) is 16.0. The quantitative estimate of drug-likeness (QED) is 0.330. The van der Waals surface area contributed by atoms with Crippen molar-refractivity contribution in [3.05, 3.63) is 75.6 Å². The number of ether oxygens (including phenoxy) is 1. The molecule has 0 saturated carbocycles. The lowest BCUT2D eigenvalue weighted by atomic mass is 10.1. The van der Waals surface area contributed by atoms with Gasteiger partial charge in [-0.2, -0.15) is 0 Å². The Morgan fingerprint density at radius 1 is 1.19 bits per heavy atom. The standard InChI is InChI=1S/C19H20N4O3S/c1-3-22-18(11-14-7-5-4-6-8-14)20-21-19(22)27-13-15-12-16(23(24)25)9-10-17(15)26-2/h4-10,12H,3,11,13H2,1-2H3. The summed E-state index contributed by atoms with van der Waals surface area (Å²) < 4.78 is 7.40. The van der Waals surface area contributed by atoms with E-state index in [1.807, 2.05) is 18.2 Å². The number of nitro groups is 1. The van der Waals surface area contributed by atoms with Gasteiger partial charge in [-0.3, -0.25) is 10.1 Å². The van der Waals surface area contributed by atoms with Gasteiger partial charge in [-0.05, 0) is 18.6 Å². The van der Waals surface area contributed by atoms with Crippen molar-refractivity contribution in [2.75, 3.05) is 7.11 Å². The van der Waals surface area contributed by atoms with Crippen LogP contribution in [0.5, 0.6) is 5.75 Å². The average molecular weight is 384 g/mol. The van der Waals surface area contributed by atoms with E-state index in [1.54, 1.807) is 19.2 Å². The molecule has 3 rings (SSSR count). The molecule has 1 aromatic heterocycles. The number of aromatic nitrogens is 3. The molecule has 0 atom stereocenters. The van der Waals surface area contributed by atoms with Gasteiger partial charge >= 0.3 is 0 Å². The summed E-state index contributed by atoms with van der Waals surface area (Å²) in [5, 5.41) is 20.5. The molecule has 0 aliphatic carbocycles. The van der Waals surface area contributed by atoms with Crippen LogP contribution in [-0.4, -0.2) is 26.8 Å². The zero-order chi connectivity index (χ0) is 19.2. The molecule has 0 bridgehead atoms. The van der Waals surface area contributed by atoms with Gasteiger partial charge < -0.3 is 9.30 Å². The van der Waals surface area contributed by atoms with Crippen molar-refractivity contribution in [2.45, 2.75) is 30.8 Å². The van der Waals surface area contributed by atoms with E-state index in [0.29, 0.717) is 17.9 Å². The number of rotatable bonds is 8. The predicted octanol–water partition coefficient (Wildman–Crippen LogP) is 4.10. The number of hydrogen-bond acceptors (Lipinski definition) is 6. The third kappa shape index (κ3) is 4.46. The topological polar surface area (TPSA) is 83.1 Å². The van der Waals surface area contributed by atoms with E-state index in [0.717, 1.165) is 23.1 Å². The number of nitro benzene ring substituents is 1. The summed E-state index contributed by atoms with van der Waals surface area (Å²) in [5.74, 6) is 2.03. The Labute approximate surface area is 161 Å². The molecule has 8 heteroatoms. The Morgan fingerprint density at radius 3 is 2.63 bits per heavy atom. The second-order valence-electron chi connectivity index (χ2n) is 5.85. The van der Waals surface area contributed by atoms with Gasteiger partial charge in [0.1, 0.15) is 11.6 Å². The maximum Gasteiger partial charge on any atom is 0.270 e. The van der Waals surface area contributed by atoms with Crippen LogP contribution >= 0.6 is 11.8 Å². The van der Waals surface area contributed by atoms with Gasteiger partial charge in [0.15, 0.2) is 5.16 Å². The maximum atomic E-state index is 11.0. The summed E-state index contributed by atoms with van der Waals surface area (Å²) >= 11 is 1.49. The van der Waals surface area contributed by atoms with Gasteiger partial charge in [0.2, 0.25) is 0 Å². The lowest BCUT2D eigenvalue weighted by Crippen LogP contribution is -2.04. The van der Waals surface area contributed by atoms with Gasteiger partial charge in [0.25, 0.3) is 5.69 Å². The van der Waals surface area contributed by atoms with Crippen LogP contribution in [0.2, 0.25) is 0 Å². The molecule has 0 aliphatic rings. The first-order valence-electron chi connectivity index (χ1n) is 8.52. The smallest absolute Gasteiger partial charge is 0.270 e. The first-order chi connectivity index (χ1) is 13.1. The zero-order valence-electron chi connectivity index (χ0n) is 15.2. The molecular weight excluding hydrogens is 364 g/mol. The third-order valence-electron chi connectivity index (χ3n) is 4.15. The molecular formula is C19H20N4O3S. The van der Waals surface area contributed by atoms with Crippen LogP contribution in [0.4, 0.5) is 5.69 Å². The lowest BCUT2D eigenvalue weighted by Gasteiger charge is -2.09. The third-order valence-corrected chi connectivity index (χ3v) is 5.16. The number of thioether (sulfide) groups is 1. The van der Waals surface area contributed by atoms with Crippen LogP contribution in [0.3, 0.4) is 0 Å². The summed E-state index contributed by atoms with van der Waals surface area (Å²) in [6.45, 7) is 2.80. The molecule has 2 aromatic carbocycles. The van der Waals surface area contributed by atoms with E-state index in [2.05, 4.69) is 33.8 Å². The van der Waals surface area contributed by atoms with Gasteiger partial charge in [-0.25, -0.2) is 0 Å². The van der Waals surface area contributed by atoms with Crippen molar-refractivity contribution < 1.29 is 9.66 Å². The van der Waals surface area contributed by atoms with Crippen LogP contribution in [-0.2, 0) is 18.7 Å². The van der Waals surface area contributed by atoms with Gasteiger partial charge in [-0.1, -0.05) is 42.1 Å². The van der Waals surface area contributed by atoms with Gasteiger partial charge in [-0.15, -0.1) is 10.2 Å². The summed E-state index contributed by atoms with van der Waals surface area (Å²) in [7, 11) is 1.56. The van der Waals surface area contributed by atoms with Crippen molar-refractivity contribution in [3.63, 3.8) is 0 Å². The van der Waals surface area contributed by atoms with Crippen molar-refractivity contribution in [3.8, 4) is 5.75 Å². The second kappa shape index (κ2) is 8.68. The molecule has 3 aromatic rings. The largest absolute Gasteiger partial charge is 0.496 e. The number of methoxy groups -OCH3 is 1. The number of benzene rings is 2. The summed E-state index contributed by atoms with van der Waals surface area (Å²) in [6.07, 6.45) is 0.711. The fourth-order valence-corrected chi connectivity index (χ4v) is 3.79. The fourth-order valence-electron chi connectivity index (χ4n) is 2.79. The van der Waals surface area contributed by atoms with E-state index in [-0.39, 0.29) is 5.69 Å². The Balaban J connectivity index is 1.79. The Morgan fingerprint density at radius 2 is 1.96 bits per heavy atom. The molecule has 0 unspecified atom stereocenters. The van der Waals surface area contributed by atoms with Gasteiger partial charge in [0.05, 0.1) is 12.0 Å². The minimum atomic E-state index is -0.403. The Hall–Kier alpha value is -2.87. The van der Waals surface area contributed by atoms with Crippen molar-refractivity contribution >= 4 is 17.4 Å². The molecule has 140 valence electrons. The second-order valence-corrected chi connectivity index (χ2v) is 6.79. The lowest BCUT2D eigenvalue weighted by molar-refractivity contribution is -0.384. The number of nitrogens with zero attached hydrogens (tertiary/aromatic N) is 4. The normalized spacial score (nSPS) is 10.7. The van der Waals surface area contributed by atoms with E-state index >= 15 is 0 Å². The summed E-state index contributed by atoms with van der Waals surface area (Å²) in [4.78, 5) is 10.6. The Bertz CT molecular complexity index is 928. The highest BCUT2D eigenvalue weighted by Crippen LogP contribution is 2.30. The van der Waals surface area contributed by atoms with E-state index in [4.69, 9.17) is 4.74 Å². The first-order valence-corrected chi connectivity index (χ1v) is 9.51. The molecule has 0 fully saturated rings. The van der Waals surface area contributed by atoms with E-state index in [9.17, 15) is 10.1 Å². The molecule has 0 spiro atoms. The molecule has 0 aliphatic heterocycles. The van der Waals surface area contributed by atoms with Crippen LogP contribution in [0.15, 0.2) is 53.7 Å². The highest BCUT2D eigenvalue weighted by molar-refractivity contribution is 7.98. The molecule has 0 N–H and O–H groups in total. The fraction of sp³-hybridized carbons (Fsp3) is 0.263. The first kappa shape index (κ1) is 18.9. The average Bonchev–Trinajstić information content (AvgIpc) is 3.08. The minimum absolute atomic E-state index is 0.0492. The minimum Gasteiger partial charge on any atom is -0.496 e. The monoisotopic (exact) mass is 384 g/mol. The molecule has 0 saturated heterocycles. The van der Waals surface area contributed by atoms with Crippen molar-refractivity contribution in [2.24, 2.45) is 0 Å². The van der Waals surface area contributed by atoms with Crippen molar-refractivity contribution in [1.29, 1.82) is 0 Å². The molecule has 0 radical (unpaired) electrons. The van der Waals surface area contributed by atoms with E-state index in [1.165, 1.54) is 23.4 Å². The highest BCUT2D eigenvalue weighted by atomic mass is 32.2. The van der Waals surface area contributed by atoms with Crippen LogP contribution in [0, 0.1) is 10.1 Å². The SMILES string of the molecule is CCn1c(Cc2ccccc2)nnc1SCc1cc([N+](=O)[O-])ccc1OC. The van der Waals surface area contributed by atoms with Gasteiger partial charge in [0, 0.05) is 36.4 Å². The summed E-state index contributed by atoms with van der Waals surface area (Å²) in [5.41, 5.74) is 1.98. The molecule has 1 heterocycles. The number of non-ortho nitro benzene ring substituents is 1. The molecule has 27 heavy (non-hydrogen) atoms. The Kier molecular flexibility index (Phi) is 6.08.